The number of hydrogen-bond acceptors (Lipinski definition) is 4. The molecule has 0 unspecified atom stereocenters. The Hall–Kier alpha value is -2.86. The van der Waals surface area contributed by atoms with Gasteiger partial charge in [-0.2, -0.15) is 0 Å². The van der Waals surface area contributed by atoms with Crippen molar-refractivity contribution in [3.63, 3.8) is 0 Å². The van der Waals surface area contributed by atoms with E-state index in [1.807, 2.05) is 18.2 Å². The van der Waals surface area contributed by atoms with Crippen molar-refractivity contribution in [1.82, 2.24) is 4.90 Å². The fourth-order valence-electron chi connectivity index (χ4n) is 3.48. The fourth-order valence-corrected chi connectivity index (χ4v) is 3.48. The molecule has 29 heavy (non-hydrogen) atoms. The number of nitrogens with zero attached hydrogens (tertiary/aromatic N) is 1. The molecule has 3 N–H and O–H groups in total. The number of fused-ring (bicyclic) bond motifs is 1. The molecule has 0 atom stereocenters. The summed E-state index contributed by atoms with van der Waals surface area (Å²) in [7, 11) is 0. The Morgan fingerprint density at radius 2 is 1.93 bits per heavy atom. The second kappa shape index (κ2) is 9.56. The van der Waals surface area contributed by atoms with E-state index in [-0.39, 0.29) is 11.7 Å². The Bertz CT molecular complexity index is 906. The summed E-state index contributed by atoms with van der Waals surface area (Å²) >= 11 is 0. The molecule has 6 heteroatoms. The van der Waals surface area contributed by atoms with Gasteiger partial charge in [0.1, 0.15) is 5.82 Å². The highest BCUT2D eigenvalue weighted by molar-refractivity contribution is 6.31. The SMILES string of the molecule is CCN(CC)CCCNc1ccc(N/C=C2\C(=O)Nc3cc(F)ccc32)cc1C. The van der Waals surface area contributed by atoms with Gasteiger partial charge in [-0.15, -0.1) is 0 Å². The van der Waals surface area contributed by atoms with E-state index in [2.05, 4.69) is 41.6 Å². The van der Waals surface area contributed by atoms with Crippen LogP contribution in [-0.4, -0.2) is 37.0 Å². The Balaban J connectivity index is 1.60. The summed E-state index contributed by atoms with van der Waals surface area (Å²) in [5, 5.41) is 9.37. The van der Waals surface area contributed by atoms with E-state index in [1.165, 1.54) is 12.1 Å². The van der Waals surface area contributed by atoms with Crippen LogP contribution in [0, 0.1) is 12.7 Å². The topological polar surface area (TPSA) is 56.4 Å². The minimum Gasteiger partial charge on any atom is -0.385 e. The molecule has 0 spiro atoms. The maximum Gasteiger partial charge on any atom is 0.257 e. The summed E-state index contributed by atoms with van der Waals surface area (Å²) in [5.41, 5.74) is 4.84. The second-order valence-electron chi connectivity index (χ2n) is 7.18. The van der Waals surface area contributed by atoms with Crippen LogP contribution in [-0.2, 0) is 4.79 Å². The van der Waals surface area contributed by atoms with Gasteiger partial charge in [-0.1, -0.05) is 13.8 Å². The van der Waals surface area contributed by atoms with E-state index in [1.54, 1.807) is 12.3 Å². The second-order valence-corrected chi connectivity index (χ2v) is 7.18. The van der Waals surface area contributed by atoms with Crippen LogP contribution < -0.4 is 16.0 Å². The summed E-state index contributed by atoms with van der Waals surface area (Å²) in [6.07, 6.45) is 2.77. The number of carbonyl (C=O) groups is 1. The summed E-state index contributed by atoms with van der Waals surface area (Å²) in [6, 6.07) is 10.4. The van der Waals surface area contributed by atoms with E-state index < -0.39 is 0 Å². The molecule has 2 aromatic carbocycles. The van der Waals surface area contributed by atoms with Gasteiger partial charge < -0.3 is 20.9 Å². The molecule has 0 saturated carbocycles. The zero-order valence-corrected chi connectivity index (χ0v) is 17.3. The number of anilines is 3. The van der Waals surface area contributed by atoms with Gasteiger partial charge in [0.05, 0.1) is 11.3 Å². The Morgan fingerprint density at radius 3 is 2.66 bits per heavy atom. The third-order valence-corrected chi connectivity index (χ3v) is 5.24. The molecule has 0 aliphatic carbocycles. The zero-order valence-electron chi connectivity index (χ0n) is 17.3. The lowest BCUT2D eigenvalue weighted by atomic mass is 10.1. The van der Waals surface area contributed by atoms with Gasteiger partial charge in [0.2, 0.25) is 0 Å². The van der Waals surface area contributed by atoms with Crippen molar-refractivity contribution >= 4 is 28.5 Å². The number of rotatable bonds is 9. The minimum absolute atomic E-state index is 0.235. The summed E-state index contributed by atoms with van der Waals surface area (Å²) in [6.45, 7) is 10.6. The van der Waals surface area contributed by atoms with E-state index in [0.717, 1.165) is 49.5 Å². The standard InChI is InChI=1S/C23H29FN4O/c1-4-28(5-2)12-6-11-25-21-10-8-18(13-16(21)3)26-15-20-19-9-7-17(24)14-22(19)27-23(20)29/h7-10,13-15,25-26H,4-6,11-12H2,1-3H3,(H,27,29)/b20-15-. The lowest BCUT2D eigenvalue weighted by Gasteiger charge is -2.18. The molecular formula is C23H29FN4O. The predicted molar refractivity (Wildman–Crippen MR) is 119 cm³/mol. The first-order valence-electron chi connectivity index (χ1n) is 10.2. The van der Waals surface area contributed by atoms with Gasteiger partial charge in [-0.05, 0) is 74.9 Å². The van der Waals surface area contributed by atoms with Crippen LogP contribution in [0.15, 0.2) is 42.6 Å². The van der Waals surface area contributed by atoms with Gasteiger partial charge >= 0.3 is 0 Å². The van der Waals surface area contributed by atoms with Crippen LogP contribution in [0.25, 0.3) is 5.57 Å². The molecular weight excluding hydrogens is 367 g/mol. The lowest BCUT2D eigenvalue weighted by molar-refractivity contribution is -0.110. The van der Waals surface area contributed by atoms with Crippen LogP contribution in [0.5, 0.6) is 0 Å². The summed E-state index contributed by atoms with van der Waals surface area (Å²) in [5.74, 6) is -0.601. The Morgan fingerprint density at radius 1 is 1.14 bits per heavy atom. The average molecular weight is 397 g/mol. The molecule has 3 rings (SSSR count). The molecule has 2 aromatic rings. The third-order valence-electron chi connectivity index (χ3n) is 5.24. The first-order chi connectivity index (χ1) is 14.0. The molecule has 154 valence electrons. The molecule has 0 fully saturated rings. The normalized spacial score (nSPS) is 14.2. The molecule has 0 radical (unpaired) electrons. The van der Waals surface area contributed by atoms with Crippen molar-refractivity contribution in [1.29, 1.82) is 0 Å². The largest absolute Gasteiger partial charge is 0.385 e. The summed E-state index contributed by atoms with van der Waals surface area (Å²) < 4.78 is 13.3. The number of nitrogens with one attached hydrogen (secondary N) is 3. The van der Waals surface area contributed by atoms with Crippen molar-refractivity contribution in [2.24, 2.45) is 0 Å². The van der Waals surface area contributed by atoms with Crippen molar-refractivity contribution < 1.29 is 9.18 Å². The number of halogens is 1. The molecule has 1 aliphatic heterocycles. The van der Waals surface area contributed by atoms with Crippen LogP contribution in [0.4, 0.5) is 21.5 Å². The molecule has 0 saturated heterocycles. The van der Waals surface area contributed by atoms with Gasteiger partial charge in [0.25, 0.3) is 5.91 Å². The maximum absolute atomic E-state index is 13.3. The van der Waals surface area contributed by atoms with Crippen LogP contribution in [0.3, 0.4) is 0 Å². The highest BCUT2D eigenvalue weighted by Gasteiger charge is 2.24. The Labute approximate surface area is 172 Å². The molecule has 0 bridgehead atoms. The van der Waals surface area contributed by atoms with Crippen LogP contribution >= 0.6 is 0 Å². The van der Waals surface area contributed by atoms with Crippen molar-refractivity contribution in [3.8, 4) is 0 Å². The molecule has 1 aliphatic rings. The molecule has 0 aromatic heterocycles. The lowest BCUT2D eigenvalue weighted by Crippen LogP contribution is -2.25. The minimum atomic E-state index is -0.367. The first-order valence-corrected chi connectivity index (χ1v) is 10.2. The number of carbonyl (C=O) groups excluding carboxylic acids is 1. The number of benzene rings is 2. The van der Waals surface area contributed by atoms with Gasteiger partial charge in [-0.25, -0.2) is 4.39 Å². The zero-order chi connectivity index (χ0) is 20.8. The van der Waals surface area contributed by atoms with Crippen molar-refractivity contribution in [2.45, 2.75) is 27.2 Å². The van der Waals surface area contributed by atoms with Crippen molar-refractivity contribution in [3.05, 3.63) is 59.5 Å². The number of aryl methyl sites for hydroxylation is 1. The highest BCUT2D eigenvalue weighted by atomic mass is 19.1. The van der Waals surface area contributed by atoms with E-state index in [0.29, 0.717) is 16.8 Å². The molecule has 1 heterocycles. The quantitative estimate of drug-likeness (QED) is 0.425. The number of amides is 1. The van der Waals surface area contributed by atoms with Crippen LogP contribution in [0.2, 0.25) is 0 Å². The third kappa shape index (κ3) is 5.15. The van der Waals surface area contributed by atoms with Gasteiger partial charge in [0, 0.05) is 29.7 Å². The summed E-state index contributed by atoms with van der Waals surface area (Å²) in [4.78, 5) is 14.6. The van der Waals surface area contributed by atoms with E-state index in [4.69, 9.17) is 0 Å². The van der Waals surface area contributed by atoms with Crippen molar-refractivity contribution in [2.75, 3.05) is 42.1 Å². The number of hydrogen-bond donors (Lipinski definition) is 3. The van der Waals surface area contributed by atoms with E-state index >= 15 is 0 Å². The first kappa shape index (κ1) is 20.9. The van der Waals surface area contributed by atoms with Crippen LogP contribution in [0.1, 0.15) is 31.4 Å². The average Bonchev–Trinajstić information content (AvgIpc) is 3.01. The highest BCUT2D eigenvalue weighted by Crippen LogP contribution is 2.32. The molecule has 5 nitrogen and oxygen atoms in total. The predicted octanol–water partition coefficient (Wildman–Crippen LogP) is 4.68. The molecule has 1 amide bonds. The van der Waals surface area contributed by atoms with Gasteiger partial charge in [-0.3, -0.25) is 4.79 Å². The monoisotopic (exact) mass is 396 g/mol. The smallest absolute Gasteiger partial charge is 0.257 e. The van der Waals surface area contributed by atoms with E-state index in [9.17, 15) is 9.18 Å². The fraction of sp³-hybridized carbons (Fsp3) is 0.348. The maximum atomic E-state index is 13.3. The Kier molecular flexibility index (Phi) is 6.88. The van der Waals surface area contributed by atoms with Gasteiger partial charge in [0.15, 0.2) is 0 Å².